The zero-order valence-electron chi connectivity index (χ0n) is 28.9. The Morgan fingerprint density at radius 3 is 1.09 bits per heavy atom. The number of ether oxygens (including phenoxy) is 3. The van der Waals surface area contributed by atoms with Crippen molar-refractivity contribution < 1.29 is 48.4 Å². The minimum Gasteiger partial charge on any atom is -0.481 e. The predicted molar refractivity (Wildman–Crippen MR) is 165 cm³/mol. The Kier molecular flexibility index (Phi) is 14.5. The molecule has 0 amide bonds. The third-order valence-corrected chi connectivity index (χ3v) is 7.38. The van der Waals surface area contributed by atoms with E-state index in [1.807, 2.05) is 62.3 Å². The fourth-order valence-electron chi connectivity index (χ4n) is 4.79. The number of aliphatic hydroxyl groups is 1. The van der Waals surface area contributed by atoms with E-state index in [4.69, 9.17) is 24.4 Å². The van der Waals surface area contributed by atoms with Crippen LogP contribution in [0, 0.1) is 35.5 Å². The van der Waals surface area contributed by atoms with Crippen LogP contribution in [-0.2, 0) is 38.2 Å². The van der Waals surface area contributed by atoms with E-state index in [0.717, 1.165) is 25.7 Å². The Balaban J connectivity index is 0.000000296. The fourth-order valence-corrected chi connectivity index (χ4v) is 4.79. The Labute approximate surface area is 264 Å². The Morgan fingerprint density at radius 1 is 0.568 bits per heavy atom. The monoisotopic (exact) mass is 626 g/mol. The molecule has 0 radical (unpaired) electrons. The van der Waals surface area contributed by atoms with Crippen LogP contribution in [0.3, 0.4) is 0 Å². The maximum absolute atomic E-state index is 11.4. The molecule has 0 aliphatic heterocycles. The van der Waals surface area contributed by atoms with E-state index < -0.39 is 17.2 Å². The van der Waals surface area contributed by atoms with Gasteiger partial charge in [0.15, 0.2) is 0 Å². The van der Waals surface area contributed by atoms with Crippen molar-refractivity contribution in [2.24, 2.45) is 35.5 Å². The average molecular weight is 627 g/mol. The van der Waals surface area contributed by atoms with Crippen LogP contribution in [0.4, 0.5) is 0 Å². The Bertz CT molecular complexity index is 929. The highest BCUT2D eigenvalue weighted by molar-refractivity contribution is 5.94. The second-order valence-electron chi connectivity index (χ2n) is 16.0. The first kappa shape index (κ1) is 39.5. The number of aliphatic carboxylic acids is 1. The van der Waals surface area contributed by atoms with Crippen molar-refractivity contribution in [3.63, 3.8) is 0 Å². The molecular formula is C34H58O10. The lowest BCUT2D eigenvalue weighted by molar-refractivity contribution is -0.167. The van der Waals surface area contributed by atoms with Crippen molar-refractivity contribution in [3.8, 4) is 0 Å². The summed E-state index contributed by atoms with van der Waals surface area (Å²) in [7, 11) is 0. The highest BCUT2D eigenvalue weighted by Gasteiger charge is 2.37. The topological polar surface area (TPSA) is 154 Å². The van der Waals surface area contributed by atoms with E-state index in [1.54, 1.807) is 0 Å². The first-order chi connectivity index (χ1) is 19.8. The number of carboxylic acids is 1. The number of Topliss-reactive ketones (excluding diaryl/α,β-unsaturated/α-hetero) is 1. The number of aliphatic hydroxyl groups excluding tert-OH is 1. The van der Waals surface area contributed by atoms with E-state index >= 15 is 0 Å². The maximum atomic E-state index is 11.4. The molecule has 4 saturated carbocycles. The summed E-state index contributed by atoms with van der Waals surface area (Å²) < 4.78 is 15.5. The molecule has 4 fully saturated rings. The van der Waals surface area contributed by atoms with E-state index in [2.05, 4.69) is 13.8 Å². The lowest BCUT2D eigenvalue weighted by atomic mass is 9.76. The molecular weight excluding hydrogens is 568 g/mol. The quantitative estimate of drug-likeness (QED) is 0.285. The zero-order valence-corrected chi connectivity index (χ0v) is 28.9. The summed E-state index contributed by atoms with van der Waals surface area (Å²) in [5.74, 6) is 0.392. The van der Waals surface area contributed by atoms with Crippen LogP contribution in [0.15, 0.2) is 0 Å². The normalized spacial score (nSPS) is 27.7. The van der Waals surface area contributed by atoms with Gasteiger partial charge in [0, 0.05) is 12.8 Å². The van der Waals surface area contributed by atoms with Gasteiger partial charge in [-0.25, -0.2) is 0 Å². The summed E-state index contributed by atoms with van der Waals surface area (Å²) in [5.41, 5.74) is -1.16. The Hall–Kier alpha value is -2.49. The third kappa shape index (κ3) is 16.0. The summed E-state index contributed by atoms with van der Waals surface area (Å²) in [6.45, 7) is 21.0. The molecule has 4 rings (SSSR count). The first-order valence-electron chi connectivity index (χ1n) is 16.0. The smallest absolute Gasteiger partial charge is 0.310 e. The molecule has 254 valence electrons. The van der Waals surface area contributed by atoms with Crippen LogP contribution in [0.2, 0.25) is 0 Å². The molecule has 0 aromatic rings. The minimum absolute atomic E-state index is 0.0133. The van der Waals surface area contributed by atoms with E-state index in [1.165, 1.54) is 0 Å². The second-order valence-corrected chi connectivity index (χ2v) is 16.0. The average Bonchev–Trinajstić information content (AvgIpc) is 2.73. The molecule has 10 nitrogen and oxygen atoms in total. The molecule has 0 atom stereocenters. The van der Waals surface area contributed by atoms with Gasteiger partial charge >= 0.3 is 23.9 Å². The minimum atomic E-state index is -0.622. The highest BCUT2D eigenvalue weighted by atomic mass is 16.6. The summed E-state index contributed by atoms with van der Waals surface area (Å²) in [6, 6.07) is 0. The van der Waals surface area contributed by atoms with Crippen LogP contribution in [0.1, 0.15) is 128 Å². The van der Waals surface area contributed by atoms with E-state index in [0.29, 0.717) is 37.5 Å². The van der Waals surface area contributed by atoms with Crippen molar-refractivity contribution in [1.29, 1.82) is 0 Å². The lowest BCUT2D eigenvalue weighted by Gasteiger charge is -2.33. The molecule has 0 heterocycles. The van der Waals surface area contributed by atoms with Crippen LogP contribution in [0.5, 0.6) is 0 Å². The van der Waals surface area contributed by atoms with Gasteiger partial charge in [-0.1, -0.05) is 13.8 Å². The largest absolute Gasteiger partial charge is 0.481 e. The zero-order chi connectivity index (χ0) is 34.2. The summed E-state index contributed by atoms with van der Waals surface area (Å²) in [6.07, 6.45) is 5.37. The van der Waals surface area contributed by atoms with Gasteiger partial charge in [0.25, 0.3) is 0 Å². The van der Waals surface area contributed by atoms with E-state index in [-0.39, 0.29) is 59.1 Å². The van der Waals surface area contributed by atoms with Crippen LogP contribution >= 0.6 is 0 Å². The van der Waals surface area contributed by atoms with Gasteiger partial charge in [0.1, 0.15) is 22.6 Å². The molecule has 0 aromatic carbocycles. The number of ketones is 1. The lowest BCUT2D eigenvalue weighted by Crippen LogP contribution is -2.38. The van der Waals surface area contributed by atoms with Crippen molar-refractivity contribution in [3.05, 3.63) is 0 Å². The molecule has 4 aliphatic carbocycles. The molecule has 0 aromatic heterocycles. The molecule has 2 N–H and O–H groups in total. The number of hydrogen-bond acceptors (Lipinski definition) is 9. The molecule has 0 unspecified atom stereocenters. The fraction of sp³-hybridized carbons (Fsp3) is 0.853. The number of hydrogen-bond donors (Lipinski definition) is 2. The molecule has 44 heavy (non-hydrogen) atoms. The van der Waals surface area contributed by atoms with Crippen LogP contribution < -0.4 is 0 Å². The van der Waals surface area contributed by atoms with Gasteiger partial charge in [-0.05, 0) is 113 Å². The van der Waals surface area contributed by atoms with Gasteiger partial charge in [0.2, 0.25) is 0 Å². The second kappa shape index (κ2) is 16.2. The molecule has 0 spiro atoms. The highest BCUT2D eigenvalue weighted by Crippen LogP contribution is 2.35. The van der Waals surface area contributed by atoms with Crippen LogP contribution in [0.25, 0.3) is 0 Å². The third-order valence-electron chi connectivity index (χ3n) is 7.38. The number of carboxylic acid groups (broad SMARTS) is 1. The van der Waals surface area contributed by atoms with Crippen LogP contribution in [-0.4, -0.2) is 62.8 Å². The van der Waals surface area contributed by atoms with Gasteiger partial charge in [-0.2, -0.15) is 0 Å². The Morgan fingerprint density at radius 2 is 0.864 bits per heavy atom. The van der Waals surface area contributed by atoms with Crippen molar-refractivity contribution in [1.82, 2.24) is 0 Å². The first-order valence-corrected chi connectivity index (χ1v) is 16.0. The van der Waals surface area contributed by atoms with Crippen molar-refractivity contribution in [2.45, 2.75) is 150 Å². The number of carbonyl (C=O) groups is 5. The van der Waals surface area contributed by atoms with Crippen molar-refractivity contribution in [2.75, 3.05) is 0 Å². The molecule has 0 saturated heterocycles. The number of carbonyl (C=O) groups excluding carboxylic acids is 4. The van der Waals surface area contributed by atoms with Crippen molar-refractivity contribution >= 4 is 29.7 Å². The number of esters is 3. The predicted octanol–water partition coefficient (Wildman–Crippen LogP) is 5.90. The summed E-state index contributed by atoms with van der Waals surface area (Å²) in [4.78, 5) is 54.5. The maximum Gasteiger partial charge on any atom is 0.310 e. The summed E-state index contributed by atoms with van der Waals surface area (Å²) in [5, 5.41) is 17.3. The number of rotatable bonds is 4. The van der Waals surface area contributed by atoms with Gasteiger partial charge < -0.3 is 24.4 Å². The SMILES string of the molecule is CC(C)(C)OC(=O)C1CC(=O)C1.CC(C)(C)OC(=O)C1CC(O)C1.CC1CC(C(=O)O)C1.CC1CC(C(=O)OC(C)(C)C)C1. The van der Waals surface area contributed by atoms with E-state index in [9.17, 15) is 24.0 Å². The summed E-state index contributed by atoms with van der Waals surface area (Å²) >= 11 is 0. The molecule has 4 aliphatic rings. The molecule has 0 bridgehead atoms. The van der Waals surface area contributed by atoms with Gasteiger partial charge in [-0.3, -0.25) is 24.0 Å². The molecule has 10 heteroatoms. The standard InChI is InChI=1S/C10H18O2.C9H16O3.C9H14O3.C6H10O2/c1-7-5-8(6-7)9(11)12-10(2,3)4;2*1-9(2,3)12-8(11)6-4-7(10)5-6;1-4-2-5(3-4)6(7)8/h7-8H,5-6H2,1-4H3;6-7,10H,4-5H2,1-3H3;6H,4-5H2,1-3H3;4-5H,2-3H2,1H3,(H,7,8). The van der Waals surface area contributed by atoms with Gasteiger partial charge in [0.05, 0.1) is 29.8 Å². The van der Waals surface area contributed by atoms with Gasteiger partial charge in [-0.15, -0.1) is 0 Å².